The highest BCUT2D eigenvalue weighted by Crippen LogP contribution is 2.34. The molecular weight excluding hydrogens is 412 g/mol. The molecule has 0 spiro atoms. The van der Waals surface area contributed by atoms with E-state index in [1.165, 1.54) is 11.6 Å². The van der Waals surface area contributed by atoms with Gasteiger partial charge in [0.15, 0.2) is 0 Å². The Labute approximate surface area is 175 Å². The Hall–Kier alpha value is -2.68. The van der Waals surface area contributed by atoms with Crippen LogP contribution >= 0.6 is 0 Å². The summed E-state index contributed by atoms with van der Waals surface area (Å²) in [4.78, 5) is 4.47. The molecule has 2 aromatic carbocycles. The van der Waals surface area contributed by atoms with E-state index in [0.717, 1.165) is 49.8 Å². The smallest absolute Gasteiger partial charge is 0.232 e. The molecule has 0 unspecified atom stereocenters. The lowest BCUT2D eigenvalue weighted by molar-refractivity contribution is 0.395. The largest absolute Gasteiger partial charge is 0.497 e. The SMILES string of the molecule is COc1ccc(C2CCC(N=C(Nc3ccc(F)cc3F)NS(C)(=O)=O)CC2)cc1. The van der Waals surface area contributed by atoms with Crippen LogP contribution in [0.15, 0.2) is 47.5 Å². The van der Waals surface area contributed by atoms with E-state index in [1.54, 1.807) is 7.11 Å². The number of rotatable bonds is 5. The van der Waals surface area contributed by atoms with Gasteiger partial charge in [-0.1, -0.05) is 12.1 Å². The van der Waals surface area contributed by atoms with Crippen molar-refractivity contribution in [2.24, 2.45) is 4.99 Å². The molecule has 9 heteroatoms. The Kier molecular flexibility index (Phi) is 6.91. The number of guanidine groups is 1. The number of anilines is 1. The summed E-state index contributed by atoms with van der Waals surface area (Å²) in [5, 5.41) is 2.64. The minimum atomic E-state index is -3.63. The maximum absolute atomic E-state index is 14.0. The van der Waals surface area contributed by atoms with Crippen LogP contribution in [-0.4, -0.2) is 33.8 Å². The first-order valence-electron chi connectivity index (χ1n) is 9.65. The van der Waals surface area contributed by atoms with Crippen LogP contribution in [0.2, 0.25) is 0 Å². The average Bonchev–Trinajstić information content (AvgIpc) is 2.69. The minimum Gasteiger partial charge on any atom is -0.497 e. The minimum absolute atomic E-state index is 0.0572. The lowest BCUT2D eigenvalue weighted by atomic mass is 9.82. The zero-order valence-electron chi connectivity index (χ0n) is 16.9. The quantitative estimate of drug-likeness (QED) is 0.547. The highest BCUT2D eigenvalue weighted by molar-refractivity contribution is 7.89. The second-order valence-electron chi connectivity index (χ2n) is 7.38. The van der Waals surface area contributed by atoms with Gasteiger partial charge in [-0.25, -0.2) is 22.2 Å². The van der Waals surface area contributed by atoms with Crippen molar-refractivity contribution >= 4 is 21.7 Å². The van der Waals surface area contributed by atoms with E-state index in [2.05, 4.69) is 27.2 Å². The molecule has 1 aliphatic rings. The second kappa shape index (κ2) is 9.42. The zero-order valence-corrected chi connectivity index (χ0v) is 17.7. The number of halogens is 2. The molecule has 3 rings (SSSR count). The van der Waals surface area contributed by atoms with Gasteiger partial charge in [0.1, 0.15) is 17.4 Å². The summed E-state index contributed by atoms with van der Waals surface area (Å²) >= 11 is 0. The fourth-order valence-corrected chi connectivity index (χ4v) is 4.03. The molecular formula is C21H25F2N3O3S. The number of nitrogens with one attached hydrogen (secondary N) is 2. The predicted molar refractivity (Wildman–Crippen MR) is 113 cm³/mol. The first-order valence-corrected chi connectivity index (χ1v) is 11.5. The summed E-state index contributed by atoms with van der Waals surface area (Å²) in [7, 11) is -2.00. The normalized spacial score (nSPS) is 19.9. The van der Waals surface area contributed by atoms with E-state index in [0.29, 0.717) is 5.92 Å². The summed E-state index contributed by atoms with van der Waals surface area (Å²) in [6, 6.07) is 10.9. The van der Waals surface area contributed by atoms with E-state index in [1.807, 2.05) is 12.1 Å². The highest BCUT2D eigenvalue weighted by Gasteiger charge is 2.23. The molecule has 2 N–H and O–H groups in total. The molecule has 0 bridgehead atoms. The number of methoxy groups -OCH3 is 1. The number of hydrogen-bond acceptors (Lipinski definition) is 4. The number of hydrogen-bond donors (Lipinski definition) is 2. The van der Waals surface area contributed by atoms with Crippen molar-refractivity contribution in [1.29, 1.82) is 0 Å². The average molecular weight is 438 g/mol. The van der Waals surface area contributed by atoms with E-state index in [4.69, 9.17) is 4.74 Å². The lowest BCUT2D eigenvalue weighted by Gasteiger charge is -2.27. The van der Waals surface area contributed by atoms with E-state index < -0.39 is 21.7 Å². The molecule has 162 valence electrons. The number of benzene rings is 2. The maximum Gasteiger partial charge on any atom is 0.232 e. The van der Waals surface area contributed by atoms with Gasteiger partial charge in [0.25, 0.3) is 0 Å². The van der Waals surface area contributed by atoms with Gasteiger partial charge in [0.2, 0.25) is 16.0 Å². The van der Waals surface area contributed by atoms with Crippen LogP contribution in [0.25, 0.3) is 0 Å². The van der Waals surface area contributed by atoms with Crippen LogP contribution in [0.4, 0.5) is 14.5 Å². The third-order valence-corrected chi connectivity index (χ3v) is 5.63. The van der Waals surface area contributed by atoms with Crippen molar-refractivity contribution in [3.05, 3.63) is 59.7 Å². The van der Waals surface area contributed by atoms with Gasteiger partial charge in [-0.2, -0.15) is 0 Å². The van der Waals surface area contributed by atoms with Crippen LogP contribution in [0.5, 0.6) is 5.75 Å². The summed E-state index contributed by atoms with van der Waals surface area (Å²) < 4.78 is 58.0. The topological polar surface area (TPSA) is 79.8 Å². The van der Waals surface area contributed by atoms with Gasteiger partial charge >= 0.3 is 0 Å². The van der Waals surface area contributed by atoms with Gasteiger partial charge in [0.05, 0.1) is 25.1 Å². The highest BCUT2D eigenvalue weighted by atomic mass is 32.2. The van der Waals surface area contributed by atoms with Crippen LogP contribution in [0.1, 0.15) is 37.2 Å². The summed E-state index contributed by atoms with van der Waals surface area (Å²) in [5.74, 6) is -0.412. The second-order valence-corrected chi connectivity index (χ2v) is 9.13. The molecule has 1 saturated carbocycles. The van der Waals surface area contributed by atoms with Gasteiger partial charge in [-0.3, -0.25) is 4.72 Å². The molecule has 0 saturated heterocycles. The van der Waals surface area contributed by atoms with Crippen molar-refractivity contribution in [2.75, 3.05) is 18.7 Å². The Balaban J connectivity index is 1.70. The van der Waals surface area contributed by atoms with Gasteiger partial charge < -0.3 is 10.1 Å². The molecule has 0 aliphatic heterocycles. The van der Waals surface area contributed by atoms with E-state index in [-0.39, 0.29) is 17.7 Å². The Morgan fingerprint density at radius 3 is 2.30 bits per heavy atom. The van der Waals surface area contributed by atoms with Gasteiger partial charge in [-0.15, -0.1) is 0 Å². The molecule has 0 amide bonds. The monoisotopic (exact) mass is 437 g/mol. The van der Waals surface area contributed by atoms with E-state index >= 15 is 0 Å². The molecule has 30 heavy (non-hydrogen) atoms. The maximum atomic E-state index is 14.0. The molecule has 0 heterocycles. The van der Waals surface area contributed by atoms with Crippen LogP contribution in [0, 0.1) is 11.6 Å². The molecule has 1 fully saturated rings. The summed E-state index contributed by atoms with van der Waals surface area (Å²) in [5.41, 5.74) is 1.18. The summed E-state index contributed by atoms with van der Waals surface area (Å²) in [6.45, 7) is 0. The van der Waals surface area contributed by atoms with Crippen LogP contribution in [0.3, 0.4) is 0 Å². The zero-order chi connectivity index (χ0) is 21.7. The van der Waals surface area contributed by atoms with Crippen LogP contribution < -0.4 is 14.8 Å². The first kappa shape index (κ1) is 22.0. The fraction of sp³-hybridized carbons (Fsp3) is 0.381. The molecule has 6 nitrogen and oxygen atoms in total. The van der Waals surface area contributed by atoms with Crippen molar-refractivity contribution in [3.63, 3.8) is 0 Å². The van der Waals surface area contributed by atoms with Gasteiger partial charge in [0, 0.05) is 6.07 Å². The standard InChI is InChI=1S/C21H25F2N3O3S/c1-29-18-10-5-15(6-11-18)14-3-8-17(9-4-14)24-21(26-30(2,27)28)25-20-12-7-16(22)13-19(20)23/h5-7,10-14,17H,3-4,8-9H2,1-2H3,(H2,24,25,26). The summed E-state index contributed by atoms with van der Waals surface area (Å²) in [6.07, 6.45) is 4.32. The number of sulfonamides is 1. The van der Waals surface area contributed by atoms with Gasteiger partial charge in [-0.05, 0) is 61.4 Å². The number of ether oxygens (including phenoxy) is 1. The Morgan fingerprint density at radius 1 is 1.07 bits per heavy atom. The van der Waals surface area contributed by atoms with Crippen molar-refractivity contribution in [1.82, 2.24) is 4.72 Å². The third kappa shape index (κ3) is 6.16. The molecule has 0 aromatic heterocycles. The predicted octanol–water partition coefficient (Wildman–Crippen LogP) is 4.02. The van der Waals surface area contributed by atoms with Crippen molar-refractivity contribution in [3.8, 4) is 5.75 Å². The first-order chi connectivity index (χ1) is 14.2. The van der Waals surface area contributed by atoms with Crippen molar-refractivity contribution < 1.29 is 21.9 Å². The van der Waals surface area contributed by atoms with Crippen LogP contribution in [-0.2, 0) is 10.0 Å². The van der Waals surface area contributed by atoms with E-state index in [9.17, 15) is 17.2 Å². The Bertz CT molecular complexity index is 1000. The Morgan fingerprint density at radius 2 is 1.73 bits per heavy atom. The fourth-order valence-electron chi connectivity index (χ4n) is 3.58. The molecule has 1 aliphatic carbocycles. The van der Waals surface area contributed by atoms with Crippen molar-refractivity contribution in [2.45, 2.75) is 37.6 Å². The lowest BCUT2D eigenvalue weighted by Crippen LogP contribution is -2.37. The number of aliphatic imine (C=N–C) groups is 1. The molecule has 0 atom stereocenters. The molecule has 2 aromatic rings. The number of nitrogens with zero attached hydrogens (tertiary/aromatic N) is 1. The molecule has 0 radical (unpaired) electrons. The third-order valence-electron chi connectivity index (χ3n) is 5.06.